The molecular weight excluding hydrogens is 142 g/mol. The Balaban J connectivity index is 3.44. The molecule has 1 unspecified atom stereocenters. The molecule has 3 nitrogen and oxygen atoms in total. The number of nitrogens with one attached hydrogen (secondary N) is 1. The minimum Gasteiger partial charge on any atom is -0.481 e. The first-order chi connectivity index (χ1) is 5.22. The van der Waals surface area contributed by atoms with Gasteiger partial charge in [0.25, 0.3) is 0 Å². The molecule has 0 saturated carbocycles. The number of aliphatic carboxylic acids is 1. The van der Waals surface area contributed by atoms with Crippen LogP contribution in [0, 0.1) is 5.92 Å². The van der Waals surface area contributed by atoms with Crippen molar-refractivity contribution in [1.29, 1.82) is 0 Å². The molecule has 0 aromatic heterocycles. The molecule has 66 valence electrons. The van der Waals surface area contributed by atoms with Gasteiger partial charge in [0.1, 0.15) is 0 Å². The van der Waals surface area contributed by atoms with Crippen LogP contribution in [0.15, 0.2) is 0 Å². The maximum atomic E-state index is 10.5. The second-order valence-electron chi connectivity index (χ2n) is 2.65. The van der Waals surface area contributed by atoms with Crippen LogP contribution in [-0.4, -0.2) is 24.2 Å². The summed E-state index contributed by atoms with van der Waals surface area (Å²) in [6, 6.07) is 0. The van der Waals surface area contributed by atoms with Gasteiger partial charge in [-0.15, -0.1) is 0 Å². The molecule has 0 rings (SSSR count). The molecule has 0 saturated heterocycles. The van der Waals surface area contributed by atoms with E-state index in [-0.39, 0.29) is 5.92 Å². The van der Waals surface area contributed by atoms with Crippen molar-refractivity contribution in [2.24, 2.45) is 5.92 Å². The lowest BCUT2D eigenvalue weighted by atomic mass is 10.1. The van der Waals surface area contributed by atoms with Crippen LogP contribution in [0.25, 0.3) is 0 Å². The van der Waals surface area contributed by atoms with E-state index in [2.05, 4.69) is 12.2 Å². The lowest BCUT2D eigenvalue weighted by Crippen LogP contribution is -2.28. The van der Waals surface area contributed by atoms with Gasteiger partial charge in [-0.3, -0.25) is 4.79 Å². The van der Waals surface area contributed by atoms with Gasteiger partial charge in [-0.05, 0) is 19.4 Å². The van der Waals surface area contributed by atoms with Crippen molar-refractivity contribution in [3.8, 4) is 0 Å². The first-order valence-electron chi connectivity index (χ1n) is 4.15. The highest BCUT2D eigenvalue weighted by molar-refractivity contribution is 5.70. The quantitative estimate of drug-likeness (QED) is 0.570. The third kappa shape index (κ3) is 4.79. The molecule has 0 aromatic rings. The zero-order chi connectivity index (χ0) is 8.69. The molecule has 0 amide bonds. The second kappa shape index (κ2) is 6.16. The molecule has 0 aromatic carbocycles. The van der Waals surface area contributed by atoms with Gasteiger partial charge in [-0.2, -0.15) is 0 Å². The fourth-order valence-electron chi connectivity index (χ4n) is 0.859. The minimum absolute atomic E-state index is 0.221. The summed E-state index contributed by atoms with van der Waals surface area (Å²) >= 11 is 0. The van der Waals surface area contributed by atoms with E-state index in [9.17, 15) is 4.79 Å². The largest absolute Gasteiger partial charge is 0.481 e. The summed E-state index contributed by atoms with van der Waals surface area (Å²) in [7, 11) is 0. The second-order valence-corrected chi connectivity index (χ2v) is 2.65. The van der Waals surface area contributed by atoms with Crippen LogP contribution in [0.4, 0.5) is 0 Å². The summed E-state index contributed by atoms with van der Waals surface area (Å²) in [4.78, 5) is 10.5. The van der Waals surface area contributed by atoms with Crippen LogP contribution in [0.5, 0.6) is 0 Å². The summed E-state index contributed by atoms with van der Waals surface area (Å²) < 4.78 is 0. The van der Waals surface area contributed by atoms with Gasteiger partial charge in [-0.1, -0.05) is 13.8 Å². The smallest absolute Gasteiger partial charge is 0.307 e. The lowest BCUT2D eigenvalue weighted by Gasteiger charge is -2.09. The first kappa shape index (κ1) is 10.4. The van der Waals surface area contributed by atoms with E-state index in [0.29, 0.717) is 13.0 Å². The highest BCUT2D eigenvalue weighted by atomic mass is 16.4. The van der Waals surface area contributed by atoms with Crippen LogP contribution < -0.4 is 5.32 Å². The van der Waals surface area contributed by atoms with Crippen molar-refractivity contribution >= 4 is 5.97 Å². The van der Waals surface area contributed by atoms with Crippen LogP contribution in [0.3, 0.4) is 0 Å². The summed E-state index contributed by atoms with van der Waals surface area (Å²) in [5.41, 5.74) is 0. The van der Waals surface area contributed by atoms with Crippen molar-refractivity contribution < 1.29 is 9.90 Å². The van der Waals surface area contributed by atoms with Crippen LogP contribution in [0.2, 0.25) is 0 Å². The standard InChI is InChI=1S/C8H17NO2/c1-3-5-9-6-7(4-2)8(10)11/h7,9H,3-6H2,1-2H3,(H,10,11). The summed E-state index contributed by atoms with van der Waals surface area (Å²) in [5.74, 6) is -0.919. The normalized spacial score (nSPS) is 12.9. The number of carbonyl (C=O) groups is 1. The van der Waals surface area contributed by atoms with Gasteiger partial charge >= 0.3 is 5.97 Å². The van der Waals surface area contributed by atoms with Gasteiger partial charge in [0.15, 0.2) is 0 Å². The van der Waals surface area contributed by atoms with Gasteiger partial charge in [0.2, 0.25) is 0 Å². The Morgan fingerprint density at radius 3 is 2.55 bits per heavy atom. The van der Waals surface area contributed by atoms with E-state index < -0.39 is 5.97 Å². The zero-order valence-corrected chi connectivity index (χ0v) is 7.26. The predicted octanol–water partition coefficient (Wildman–Crippen LogP) is 1.10. The van der Waals surface area contributed by atoms with Crippen molar-refractivity contribution in [2.75, 3.05) is 13.1 Å². The number of hydrogen-bond donors (Lipinski definition) is 2. The van der Waals surface area contributed by atoms with E-state index >= 15 is 0 Å². The molecule has 1 atom stereocenters. The molecule has 0 heterocycles. The monoisotopic (exact) mass is 159 g/mol. The molecule has 0 aliphatic heterocycles. The number of carboxylic acids is 1. The Morgan fingerprint density at radius 1 is 1.55 bits per heavy atom. The third-order valence-corrected chi connectivity index (χ3v) is 1.66. The summed E-state index contributed by atoms with van der Waals surface area (Å²) in [5, 5.41) is 11.7. The topological polar surface area (TPSA) is 49.3 Å². The van der Waals surface area contributed by atoms with Gasteiger partial charge in [0.05, 0.1) is 5.92 Å². The molecule has 0 aliphatic carbocycles. The SMILES string of the molecule is CCCNCC(CC)C(=O)O. The molecule has 3 heteroatoms. The molecule has 0 aliphatic rings. The highest BCUT2D eigenvalue weighted by Crippen LogP contribution is 1.99. The molecule has 0 spiro atoms. The Kier molecular flexibility index (Phi) is 5.84. The Labute approximate surface area is 67.8 Å². The Hall–Kier alpha value is -0.570. The number of hydrogen-bond acceptors (Lipinski definition) is 2. The van der Waals surface area contributed by atoms with Crippen LogP contribution in [-0.2, 0) is 4.79 Å². The van der Waals surface area contributed by atoms with Gasteiger partial charge in [-0.25, -0.2) is 0 Å². The maximum Gasteiger partial charge on any atom is 0.307 e. The van der Waals surface area contributed by atoms with Crippen molar-refractivity contribution in [2.45, 2.75) is 26.7 Å². The summed E-state index contributed by atoms with van der Waals surface area (Å²) in [6.45, 7) is 5.46. The molecule has 0 bridgehead atoms. The number of rotatable bonds is 6. The van der Waals surface area contributed by atoms with Gasteiger partial charge in [0, 0.05) is 6.54 Å². The lowest BCUT2D eigenvalue weighted by molar-refractivity contribution is -0.141. The van der Waals surface area contributed by atoms with Crippen LogP contribution >= 0.6 is 0 Å². The fourth-order valence-corrected chi connectivity index (χ4v) is 0.859. The average molecular weight is 159 g/mol. The van der Waals surface area contributed by atoms with E-state index in [1.54, 1.807) is 0 Å². The molecule has 0 radical (unpaired) electrons. The summed E-state index contributed by atoms with van der Waals surface area (Å²) in [6.07, 6.45) is 1.75. The Morgan fingerprint density at radius 2 is 2.18 bits per heavy atom. The van der Waals surface area contributed by atoms with E-state index in [1.807, 2.05) is 6.92 Å². The third-order valence-electron chi connectivity index (χ3n) is 1.66. The average Bonchev–Trinajstić information content (AvgIpc) is 1.97. The van der Waals surface area contributed by atoms with Crippen molar-refractivity contribution in [3.63, 3.8) is 0 Å². The van der Waals surface area contributed by atoms with E-state index in [0.717, 1.165) is 13.0 Å². The van der Waals surface area contributed by atoms with Crippen LogP contribution in [0.1, 0.15) is 26.7 Å². The van der Waals surface area contributed by atoms with Crippen molar-refractivity contribution in [3.05, 3.63) is 0 Å². The fraction of sp³-hybridized carbons (Fsp3) is 0.875. The molecular formula is C8H17NO2. The van der Waals surface area contributed by atoms with E-state index in [4.69, 9.17) is 5.11 Å². The van der Waals surface area contributed by atoms with Gasteiger partial charge < -0.3 is 10.4 Å². The maximum absolute atomic E-state index is 10.5. The Bertz CT molecular complexity index is 115. The molecule has 2 N–H and O–H groups in total. The first-order valence-corrected chi connectivity index (χ1v) is 4.15. The highest BCUT2D eigenvalue weighted by Gasteiger charge is 2.13. The van der Waals surface area contributed by atoms with E-state index in [1.165, 1.54) is 0 Å². The predicted molar refractivity (Wildman–Crippen MR) is 44.6 cm³/mol. The zero-order valence-electron chi connectivity index (χ0n) is 7.26. The van der Waals surface area contributed by atoms with Crippen molar-refractivity contribution in [1.82, 2.24) is 5.32 Å². The minimum atomic E-state index is -0.698. The molecule has 0 fully saturated rings. The number of carboxylic acid groups (broad SMARTS) is 1. The molecule has 11 heavy (non-hydrogen) atoms.